The summed E-state index contributed by atoms with van der Waals surface area (Å²) in [5, 5.41) is 9.84. The number of rotatable bonds is 1. The molecule has 88 valence electrons. The number of nitrogens with zero attached hydrogens (tertiary/aromatic N) is 1. The van der Waals surface area contributed by atoms with Gasteiger partial charge in [-0.05, 0) is 26.3 Å². The van der Waals surface area contributed by atoms with Crippen LogP contribution in [-0.2, 0) is 9.53 Å². The molecule has 2 aliphatic rings. The Labute approximate surface area is 96.0 Å². The summed E-state index contributed by atoms with van der Waals surface area (Å²) < 4.78 is 4.73. The van der Waals surface area contributed by atoms with Crippen molar-refractivity contribution in [3.05, 3.63) is 0 Å². The van der Waals surface area contributed by atoms with Gasteiger partial charge in [-0.1, -0.05) is 0 Å². The Morgan fingerprint density at radius 2 is 2.13 bits per heavy atom. The Morgan fingerprint density at radius 3 is 2.73 bits per heavy atom. The van der Waals surface area contributed by atoms with Crippen molar-refractivity contribution in [3.63, 3.8) is 0 Å². The lowest BCUT2D eigenvalue weighted by molar-refractivity contribution is -0.155. The normalized spacial score (nSPS) is 39.7. The monoisotopic (exact) mass is 235 g/mol. The number of hydrogen-bond acceptors (Lipinski definition) is 4. The van der Waals surface area contributed by atoms with Crippen molar-refractivity contribution in [2.24, 2.45) is 5.92 Å². The maximum atomic E-state index is 11.5. The van der Waals surface area contributed by atoms with Crippen molar-refractivity contribution < 1.29 is 14.6 Å². The van der Waals surface area contributed by atoms with E-state index in [1.807, 2.05) is 7.05 Å². The molecule has 2 aliphatic heterocycles. The summed E-state index contributed by atoms with van der Waals surface area (Å²) in [5.74, 6) is -0.613. The number of carbonyl (C=O) groups is 1. The predicted molar refractivity (Wildman–Crippen MR) is 58.0 cm³/mol. The summed E-state index contributed by atoms with van der Waals surface area (Å²) in [5.41, 5.74) is 0. The smallest absolute Gasteiger partial charge is 0.312 e. The maximum absolute atomic E-state index is 11.5. The summed E-state index contributed by atoms with van der Waals surface area (Å²) in [4.78, 5) is 13.7. The third kappa shape index (κ3) is 1.98. The third-order valence-corrected chi connectivity index (χ3v) is 3.71. The lowest BCUT2D eigenvalue weighted by Crippen LogP contribution is -2.52. The Bertz CT molecular complexity index is 249. The van der Waals surface area contributed by atoms with Gasteiger partial charge in [-0.25, -0.2) is 0 Å². The lowest BCUT2D eigenvalue weighted by Gasteiger charge is -2.39. The van der Waals surface area contributed by atoms with Crippen molar-refractivity contribution in [3.8, 4) is 0 Å². The number of aliphatic hydroxyl groups excluding tert-OH is 1. The van der Waals surface area contributed by atoms with Crippen LogP contribution >= 0.6 is 12.4 Å². The number of piperidine rings is 1. The van der Waals surface area contributed by atoms with Gasteiger partial charge in [0.2, 0.25) is 0 Å². The van der Waals surface area contributed by atoms with Crippen LogP contribution in [0.15, 0.2) is 0 Å². The van der Waals surface area contributed by atoms with E-state index in [9.17, 15) is 9.90 Å². The van der Waals surface area contributed by atoms with E-state index in [-0.39, 0.29) is 30.3 Å². The highest BCUT2D eigenvalue weighted by Gasteiger charge is 2.48. The number of fused-ring (bicyclic) bond motifs is 2. The van der Waals surface area contributed by atoms with E-state index >= 15 is 0 Å². The molecule has 0 aromatic carbocycles. The first kappa shape index (κ1) is 12.7. The molecule has 5 heteroatoms. The van der Waals surface area contributed by atoms with E-state index in [0.29, 0.717) is 12.5 Å². The fraction of sp³-hybridized carbons (Fsp3) is 0.900. The van der Waals surface area contributed by atoms with Crippen LogP contribution in [0.5, 0.6) is 0 Å². The molecule has 2 rings (SSSR count). The summed E-state index contributed by atoms with van der Waals surface area (Å²) in [6.07, 6.45) is 2.27. The van der Waals surface area contributed by atoms with Crippen LogP contribution in [0.1, 0.15) is 19.3 Å². The molecule has 0 radical (unpaired) electrons. The number of esters is 1. The van der Waals surface area contributed by atoms with Crippen molar-refractivity contribution in [2.75, 3.05) is 14.2 Å². The number of hydrogen-bond donors (Lipinski definition) is 1. The van der Waals surface area contributed by atoms with Crippen LogP contribution < -0.4 is 0 Å². The molecule has 0 saturated carbocycles. The molecule has 0 spiro atoms. The molecular formula is C10H18ClNO3. The molecule has 0 aromatic rings. The van der Waals surface area contributed by atoms with Crippen LogP contribution in [0, 0.1) is 5.92 Å². The Morgan fingerprint density at radius 1 is 1.47 bits per heavy atom. The zero-order valence-corrected chi connectivity index (χ0v) is 9.87. The quantitative estimate of drug-likeness (QED) is 0.670. The van der Waals surface area contributed by atoms with Gasteiger partial charge in [0.1, 0.15) is 0 Å². The van der Waals surface area contributed by atoms with Gasteiger partial charge in [0.05, 0.1) is 19.1 Å². The van der Waals surface area contributed by atoms with E-state index in [2.05, 4.69) is 4.90 Å². The molecule has 15 heavy (non-hydrogen) atoms. The molecule has 4 atom stereocenters. The standard InChI is InChI=1S/C10H17NO3.ClH/c1-11-6-3-4-7(11)9(8(12)5-6)10(13)14-2;/h6-9,12H,3-5H2,1-2H3;1H/t6-,7?,8?,9?;/m0./s1. The van der Waals surface area contributed by atoms with Gasteiger partial charge in [0.15, 0.2) is 0 Å². The maximum Gasteiger partial charge on any atom is 0.312 e. The molecular weight excluding hydrogens is 218 g/mol. The minimum atomic E-state index is -0.517. The van der Waals surface area contributed by atoms with Crippen molar-refractivity contribution in [1.82, 2.24) is 4.90 Å². The fourth-order valence-electron chi connectivity index (χ4n) is 2.89. The largest absolute Gasteiger partial charge is 0.469 e. The molecule has 0 amide bonds. The second-order valence-electron chi connectivity index (χ2n) is 4.32. The summed E-state index contributed by atoms with van der Waals surface area (Å²) in [6, 6.07) is 0.632. The van der Waals surface area contributed by atoms with Gasteiger partial charge in [0, 0.05) is 12.1 Å². The van der Waals surface area contributed by atoms with Gasteiger partial charge < -0.3 is 9.84 Å². The molecule has 0 aliphatic carbocycles. The molecule has 2 heterocycles. The summed E-state index contributed by atoms with van der Waals surface area (Å²) in [7, 11) is 3.42. The Hall–Kier alpha value is -0.320. The first-order valence-corrected chi connectivity index (χ1v) is 5.13. The van der Waals surface area contributed by atoms with E-state index in [1.54, 1.807) is 0 Å². The topological polar surface area (TPSA) is 49.8 Å². The molecule has 2 bridgehead atoms. The van der Waals surface area contributed by atoms with Gasteiger partial charge in [0.25, 0.3) is 0 Å². The minimum absolute atomic E-state index is 0. The highest BCUT2D eigenvalue weighted by Crippen LogP contribution is 2.38. The first-order chi connectivity index (χ1) is 6.65. The molecule has 4 nitrogen and oxygen atoms in total. The molecule has 0 aromatic heterocycles. The predicted octanol–water partition coefficient (Wildman–Crippen LogP) is 0.425. The van der Waals surface area contributed by atoms with Gasteiger partial charge in [-0.2, -0.15) is 0 Å². The lowest BCUT2D eigenvalue weighted by atomic mass is 9.88. The second-order valence-corrected chi connectivity index (χ2v) is 4.32. The number of halogens is 1. The Kier molecular flexibility index (Phi) is 3.98. The summed E-state index contributed by atoms with van der Waals surface area (Å²) >= 11 is 0. The molecule has 3 unspecified atom stereocenters. The van der Waals surface area contributed by atoms with Crippen LogP contribution in [-0.4, -0.2) is 48.3 Å². The highest BCUT2D eigenvalue weighted by atomic mass is 35.5. The number of ether oxygens (including phenoxy) is 1. The van der Waals surface area contributed by atoms with E-state index in [4.69, 9.17) is 4.74 Å². The summed E-state index contributed by atoms with van der Waals surface area (Å²) in [6.45, 7) is 0. The fourth-order valence-corrected chi connectivity index (χ4v) is 2.89. The first-order valence-electron chi connectivity index (χ1n) is 5.13. The van der Waals surface area contributed by atoms with Crippen LogP contribution in [0.25, 0.3) is 0 Å². The average molecular weight is 236 g/mol. The van der Waals surface area contributed by atoms with Crippen molar-refractivity contribution in [2.45, 2.75) is 37.5 Å². The van der Waals surface area contributed by atoms with Gasteiger partial charge in [-0.3, -0.25) is 9.69 Å². The van der Waals surface area contributed by atoms with E-state index < -0.39 is 6.10 Å². The molecule has 2 saturated heterocycles. The average Bonchev–Trinajstić information content (AvgIpc) is 2.42. The third-order valence-electron chi connectivity index (χ3n) is 3.71. The molecule has 1 N–H and O–H groups in total. The van der Waals surface area contributed by atoms with Crippen LogP contribution in [0.4, 0.5) is 0 Å². The minimum Gasteiger partial charge on any atom is -0.469 e. The number of methoxy groups -OCH3 is 1. The zero-order chi connectivity index (χ0) is 10.3. The van der Waals surface area contributed by atoms with Gasteiger partial charge >= 0.3 is 5.97 Å². The number of carbonyl (C=O) groups excluding carboxylic acids is 1. The van der Waals surface area contributed by atoms with Crippen LogP contribution in [0.2, 0.25) is 0 Å². The SMILES string of the molecule is COC(=O)C1C(O)C[C@@H]2CCC1N2C.Cl. The highest BCUT2D eigenvalue weighted by molar-refractivity contribution is 5.85. The Balaban J connectivity index is 0.00000112. The second kappa shape index (κ2) is 4.68. The van der Waals surface area contributed by atoms with E-state index in [1.165, 1.54) is 7.11 Å². The molecule has 2 fully saturated rings. The number of aliphatic hydroxyl groups is 1. The van der Waals surface area contributed by atoms with Crippen molar-refractivity contribution >= 4 is 18.4 Å². The van der Waals surface area contributed by atoms with Crippen LogP contribution in [0.3, 0.4) is 0 Å². The van der Waals surface area contributed by atoms with E-state index in [0.717, 1.165) is 12.8 Å². The van der Waals surface area contributed by atoms with Gasteiger partial charge in [-0.15, -0.1) is 12.4 Å². The zero-order valence-electron chi connectivity index (χ0n) is 9.05. The van der Waals surface area contributed by atoms with Crippen molar-refractivity contribution in [1.29, 1.82) is 0 Å².